The molecule has 142 valence electrons. The largest absolute Gasteiger partial charge is 0.371 e. The average molecular weight is 356 g/mol. The van der Waals surface area contributed by atoms with E-state index in [1.807, 2.05) is 12.3 Å². The Morgan fingerprint density at radius 3 is 2.65 bits per heavy atom. The van der Waals surface area contributed by atoms with Crippen LogP contribution in [0.4, 0.5) is 0 Å². The Labute approximate surface area is 158 Å². The number of rotatable bonds is 9. The standard InChI is InChI=1S/C21H33N5/c1-5-11-26(12-6-2)19-14-20(22-7-3)24-21(15-19)25-23-16-18-10-8-9-17(4)13-18/h8-10,13-14,16,19,22H,5-7,11-12,15H2,1-4H3,(H,24,25)/b23-16+. The number of aliphatic imine (C=N–C) groups is 1. The fraction of sp³-hybridized carbons (Fsp3) is 0.524. The summed E-state index contributed by atoms with van der Waals surface area (Å²) in [7, 11) is 0. The highest BCUT2D eigenvalue weighted by Gasteiger charge is 2.22. The van der Waals surface area contributed by atoms with E-state index in [1.54, 1.807) is 0 Å². The van der Waals surface area contributed by atoms with Crippen molar-refractivity contribution in [2.75, 3.05) is 19.6 Å². The van der Waals surface area contributed by atoms with Crippen LogP contribution in [-0.2, 0) is 0 Å². The molecule has 1 aliphatic rings. The Morgan fingerprint density at radius 2 is 2.00 bits per heavy atom. The summed E-state index contributed by atoms with van der Waals surface area (Å²) in [4.78, 5) is 7.23. The van der Waals surface area contributed by atoms with Crippen LogP contribution >= 0.6 is 0 Å². The van der Waals surface area contributed by atoms with Gasteiger partial charge in [0.1, 0.15) is 11.7 Å². The summed E-state index contributed by atoms with van der Waals surface area (Å²) in [5.41, 5.74) is 5.48. The molecule has 0 radical (unpaired) electrons. The van der Waals surface area contributed by atoms with Crippen molar-refractivity contribution in [3.63, 3.8) is 0 Å². The molecule has 1 aromatic rings. The van der Waals surface area contributed by atoms with Gasteiger partial charge >= 0.3 is 0 Å². The maximum absolute atomic E-state index is 4.69. The molecule has 2 N–H and O–H groups in total. The molecule has 0 amide bonds. The lowest BCUT2D eigenvalue weighted by Crippen LogP contribution is -2.41. The molecule has 0 bridgehead atoms. The minimum atomic E-state index is 0.359. The van der Waals surface area contributed by atoms with Gasteiger partial charge in [-0.25, -0.2) is 4.99 Å². The number of nitrogens with zero attached hydrogens (tertiary/aromatic N) is 3. The van der Waals surface area contributed by atoms with E-state index in [2.05, 4.69) is 77.7 Å². The molecule has 1 aliphatic heterocycles. The maximum atomic E-state index is 4.69. The van der Waals surface area contributed by atoms with Crippen LogP contribution in [0.15, 0.2) is 46.3 Å². The summed E-state index contributed by atoms with van der Waals surface area (Å²) in [6.07, 6.45) is 7.29. The van der Waals surface area contributed by atoms with Crippen molar-refractivity contribution >= 4 is 12.1 Å². The summed E-state index contributed by atoms with van der Waals surface area (Å²) in [6.45, 7) is 11.7. The number of benzene rings is 1. The Bertz CT molecular complexity index is 642. The van der Waals surface area contributed by atoms with Gasteiger partial charge < -0.3 is 5.32 Å². The first-order valence-corrected chi connectivity index (χ1v) is 9.79. The third-order valence-electron chi connectivity index (χ3n) is 4.31. The maximum Gasteiger partial charge on any atom is 0.126 e. The molecule has 2 rings (SSSR count). The van der Waals surface area contributed by atoms with Gasteiger partial charge in [0, 0.05) is 19.0 Å². The number of nitrogens with one attached hydrogen (secondary N) is 2. The molecule has 1 heterocycles. The number of hydrogen-bond acceptors (Lipinski definition) is 5. The van der Waals surface area contributed by atoms with Gasteiger partial charge in [0.05, 0.1) is 6.21 Å². The molecule has 0 aromatic heterocycles. The highest BCUT2D eigenvalue weighted by molar-refractivity contribution is 5.87. The summed E-state index contributed by atoms with van der Waals surface area (Å²) >= 11 is 0. The van der Waals surface area contributed by atoms with Crippen molar-refractivity contribution in [1.29, 1.82) is 0 Å². The van der Waals surface area contributed by atoms with Gasteiger partial charge in [-0.1, -0.05) is 43.7 Å². The first kappa shape index (κ1) is 20.2. The van der Waals surface area contributed by atoms with E-state index in [-0.39, 0.29) is 0 Å². The zero-order valence-corrected chi connectivity index (χ0v) is 16.6. The minimum Gasteiger partial charge on any atom is -0.371 e. The first-order valence-electron chi connectivity index (χ1n) is 9.79. The predicted molar refractivity (Wildman–Crippen MR) is 112 cm³/mol. The number of aryl methyl sites for hydroxylation is 1. The molecule has 0 spiro atoms. The normalized spacial score (nSPS) is 17.3. The smallest absolute Gasteiger partial charge is 0.126 e. The Hall–Kier alpha value is -2.14. The third kappa shape index (κ3) is 6.30. The molecule has 5 nitrogen and oxygen atoms in total. The third-order valence-corrected chi connectivity index (χ3v) is 4.31. The molecule has 0 aliphatic carbocycles. The van der Waals surface area contributed by atoms with Gasteiger partial charge in [-0.15, -0.1) is 0 Å². The summed E-state index contributed by atoms with van der Waals surface area (Å²) in [5, 5.41) is 7.76. The van der Waals surface area contributed by atoms with Crippen molar-refractivity contribution in [1.82, 2.24) is 15.6 Å². The quantitative estimate of drug-likeness (QED) is 0.525. The zero-order chi connectivity index (χ0) is 18.8. The van der Waals surface area contributed by atoms with E-state index < -0.39 is 0 Å². The molecular formula is C21H33N5. The van der Waals surface area contributed by atoms with Crippen LogP contribution in [0.2, 0.25) is 0 Å². The first-order chi connectivity index (χ1) is 12.7. The fourth-order valence-corrected chi connectivity index (χ4v) is 3.20. The van der Waals surface area contributed by atoms with Crippen LogP contribution in [0.3, 0.4) is 0 Å². The number of hydrazone groups is 1. The minimum absolute atomic E-state index is 0.359. The van der Waals surface area contributed by atoms with Gasteiger partial charge in [0.15, 0.2) is 0 Å². The lowest BCUT2D eigenvalue weighted by Gasteiger charge is -2.32. The Balaban J connectivity index is 2.07. The Morgan fingerprint density at radius 1 is 1.23 bits per heavy atom. The average Bonchev–Trinajstić information content (AvgIpc) is 2.62. The molecule has 1 unspecified atom stereocenters. The number of hydrogen-bond donors (Lipinski definition) is 2. The molecule has 1 atom stereocenters. The molecule has 26 heavy (non-hydrogen) atoms. The summed E-state index contributed by atoms with van der Waals surface area (Å²) in [6, 6.07) is 8.66. The van der Waals surface area contributed by atoms with Crippen LogP contribution in [0.1, 0.15) is 51.2 Å². The number of amidine groups is 1. The van der Waals surface area contributed by atoms with Crippen molar-refractivity contribution < 1.29 is 0 Å². The summed E-state index contributed by atoms with van der Waals surface area (Å²) in [5.74, 6) is 1.85. The fourth-order valence-electron chi connectivity index (χ4n) is 3.20. The van der Waals surface area contributed by atoms with Crippen LogP contribution in [0.5, 0.6) is 0 Å². The SMILES string of the molecule is CCCN(CCC)C1C=C(NCC)N=C(N/N=C/c2cccc(C)c2)C1. The highest BCUT2D eigenvalue weighted by atomic mass is 15.3. The van der Waals surface area contributed by atoms with Crippen molar-refractivity contribution in [3.8, 4) is 0 Å². The molecule has 1 aromatic carbocycles. The van der Waals surface area contributed by atoms with Gasteiger partial charge in [-0.05, 0) is 51.4 Å². The molecule has 5 heteroatoms. The highest BCUT2D eigenvalue weighted by Crippen LogP contribution is 2.16. The van der Waals surface area contributed by atoms with Crippen LogP contribution in [0.25, 0.3) is 0 Å². The van der Waals surface area contributed by atoms with Crippen molar-refractivity contribution in [3.05, 3.63) is 47.3 Å². The predicted octanol–water partition coefficient (Wildman–Crippen LogP) is 3.66. The van der Waals surface area contributed by atoms with E-state index >= 15 is 0 Å². The topological polar surface area (TPSA) is 52.0 Å². The van der Waals surface area contributed by atoms with E-state index in [0.29, 0.717) is 6.04 Å². The van der Waals surface area contributed by atoms with E-state index in [9.17, 15) is 0 Å². The molecule has 0 saturated carbocycles. The van der Waals surface area contributed by atoms with Gasteiger partial charge in [0.25, 0.3) is 0 Å². The van der Waals surface area contributed by atoms with Crippen molar-refractivity contribution in [2.24, 2.45) is 10.1 Å². The zero-order valence-electron chi connectivity index (χ0n) is 16.6. The molecule has 0 saturated heterocycles. The van der Waals surface area contributed by atoms with Crippen LogP contribution in [0, 0.1) is 6.92 Å². The lowest BCUT2D eigenvalue weighted by molar-refractivity contribution is 0.230. The molecular weight excluding hydrogens is 322 g/mol. The van der Waals surface area contributed by atoms with E-state index in [4.69, 9.17) is 0 Å². The van der Waals surface area contributed by atoms with E-state index in [0.717, 1.165) is 56.1 Å². The Kier molecular flexibility index (Phi) is 8.35. The van der Waals surface area contributed by atoms with E-state index in [1.165, 1.54) is 5.56 Å². The van der Waals surface area contributed by atoms with Gasteiger partial charge in [-0.2, -0.15) is 5.10 Å². The second kappa shape index (κ2) is 10.8. The second-order valence-corrected chi connectivity index (χ2v) is 6.73. The monoisotopic (exact) mass is 355 g/mol. The second-order valence-electron chi connectivity index (χ2n) is 6.73. The van der Waals surface area contributed by atoms with Crippen molar-refractivity contribution in [2.45, 2.75) is 53.0 Å². The molecule has 0 fully saturated rings. The van der Waals surface area contributed by atoms with Crippen LogP contribution < -0.4 is 10.7 Å². The lowest BCUT2D eigenvalue weighted by atomic mass is 10.1. The van der Waals surface area contributed by atoms with Crippen LogP contribution in [-0.4, -0.2) is 42.6 Å². The van der Waals surface area contributed by atoms with Gasteiger partial charge in [-0.3, -0.25) is 10.3 Å². The van der Waals surface area contributed by atoms with Gasteiger partial charge in [0.2, 0.25) is 0 Å². The summed E-state index contributed by atoms with van der Waals surface area (Å²) < 4.78 is 0.